The number of likely N-dealkylation sites (tertiary alicyclic amines) is 1. The molecule has 3 amide bonds. The third-order valence-electron chi connectivity index (χ3n) is 4.57. The van der Waals surface area contributed by atoms with Crippen molar-refractivity contribution in [2.75, 3.05) is 23.7 Å². The number of hydrogen-bond donors (Lipinski definition) is 2. The van der Waals surface area contributed by atoms with Crippen LogP contribution < -0.4 is 10.6 Å². The molecule has 6 heteroatoms. The number of hydrogen-bond acceptors (Lipinski definition) is 3. The van der Waals surface area contributed by atoms with Crippen LogP contribution in [0, 0.1) is 6.92 Å². The highest BCUT2D eigenvalue weighted by molar-refractivity contribution is 6.06. The normalized spacial score (nSPS) is 13.3. The fourth-order valence-electron chi connectivity index (χ4n) is 3.12. The Hall–Kier alpha value is -3.15. The molecule has 0 bridgehead atoms. The first kappa shape index (κ1) is 18.6. The molecular formula is C21H23N3O3. The summed E-state index contributed by atoms with van der Waals surface area (Å²) in [6.45, 7) is 4.85. The first-order valence-corrected chi connectivity index (χ1v) is 9.03. The quantitative estimate of drug-likeness (QED) is 0.871. The van der Waals surface area contributed by atoms with E-state index in [0.717, 1.165) is 31.5 Å². The predicted octanol–water partition coefficient (Wildman–Crippen LogP) is 3.44. The third kappa shape index (κ3) is 4.53. The molecule has 27 heavy (non-hydrogen) atoms. The first-order valence-electron chi connectivity index (χ1n) is 9.03. The molecule has 0 radical (unpaired) electrons. The van der Waals surface area contributed by atoms with Gasteiger partial charge in [-0.05, 0) is 55.7 Å². The largest absolute Gasteiger partial charge is 0.339 e. The highest BCUT2D eigenvalue weighted by Crippen LogP contribution is 2.20. The van der Waals surface area contributed by atoms with Crippen LogP contribution in [0.5, 0.6) is 0 Å². The summed E-state index contributed by atoms with van der Waals surface area (Å²) in [5.74, 6) is -0.497. The minimum atomic E-state index is -0.299. The van der Waals surface area contributed by atoms with Gasteiger partial charge >= 0.3 is 0 Å². The molecule has 3 rings (SSSR count). The van der Waals surface area contributed by atoms with Crippen molar-refractivity contribution in [3.8, 4) is 0 Å². The fraction of sp³-hybridized carbons (Fsp3) is 0.286. The van der Waals surface area contributed by atoms with Gasteiger partial charge in [-0.1, -0.05) is 12.1 Å². The number of rotatable bonds is 4. The van der Waals surface area contributed by atoms with Crippen LogP contribution in [0.4, 0.5) is 11.4 Å². The van der Waals surface area contributed by atoms with E-state index < -0.39 is 0 Å². The SMILES string of the molecule is CC(=O)Nc1cc(C(=O)Nc2cccc(C(=O)N3CCCC3)c2)ccc1C. The molecule has 140 valence electrons. The van der Waals surface area contributed by atoms with E-state index >= 15 is 0 Å². The monoisotopic (exact) mass is 365 g/mol. The number of aryl methyl sites for hydroxylation is 1. The predicted molar refractivity (Wildman–Crippen MR) is 105 cm³/mol. The van der Waals surface area contributed by atoms with Gasteiger partial charge in [0.05, 0.1) is 0 Å². The molecular weight excluding hydrogens is 342 g/mol. The van der Waals surface area contributed by atoms with Gasteiger partial charge in [-0.25, -0.2) is 0 Å². The molecule has 2 aromatic rings. The lowest BCUT2D eigenvalue weighted by atomic mass is 10.1. The Kier molecular flexibility index (Phi) is 5.54. The van der Waals surface area contributed by atoms with E-state index in [1.165, 1.54) is 6.92 Å². The number of nitrogens with zero attached hydrogens (tertiary/aromatic N) is 1. The lowest BCUT2D eigenvalue weighted by Crippen LogP contribution is -2.27. The molecule has 0 aliphatic carbocycles. The van der Waals surface area contributed by atoms with E-state index in [-0.39, 0.29) is 17.7 Å². The molecule has 1 heterocycles. The molecule has 1 fully saturated rings. The summed E-state index contributed by atoms with van der Waals surface area (Å²) in [7, 11) is 0. The van der Waals surface area contributed by atoms with Crippen LogP contribution in [0.2, 0.25) is 0 Å². The van der Waals surface area contributed by atoms with E-state index in [0.29, 0.717) is 22.5 Å². The molecule has 0 unspecified atom stereocenters. The summed E-state index contributed by atoms with van der Waals surface area (Å²) in [6, 6.07) is 12.1. The molecule has 0 saturated carbocycles. The maximum Gasteiger partial charge on any atom is 0.255 e. The van der Waals surface area contributed by atoms with E-state index in [1.54, 1.807) is 42.5 Å². The topological polar surface area (TPSA) is 78.5 Å². The molecule has 0 spiro atoms. The second kappa shape index (κ2) is 8.03. The fourth-order valence-corrected chi connectivity index (χ4v) is 3.12. The van der Waals surface area contributed by atoms with Crippen LogP contribution in [0.25, 0.3) is 0 Å². The minimum absolute atomic E-state index is 0.00752. The van der Waals surface area contributed by atoms with Crippen LogP contribution in [0.3, 0.4) is 0 Å². The second-order valence-corrected chi connectivity index (χ2v) is 6.75. The number of benzene rings is 2. The van der Waals surface area contributed by atoms with Crippen molar-refractivity contribution in [1.82, 2.24) is 4.90 Å². The number of carbonyl (C=O) groups excluding carboxylic acids is 3. The number of amides is 3. The van der Waals surface area contributed by atoms with Crippen LogP contribution in [-0.4, -0.2) is 35.7 Å². The van der Waals surface area contributed by atoms with Crippen LogP contribution >= 0.6 is 0 Å². The lowest BCUT2D eigenvalue weighted by Gasteiger charge is -2.16. The van der Waals surface area contributed by atoms with Gasteiger partial charge in [0.25, 0.3) is 11.8 Å². The summed E-state index contributed by atoms with van der Waals surface area (Å²) in [6.07, 6.45) is 2.07. The Morgan fingerprint density at radius 2 is 1.67 bits per heavy atom. The molecule has 1 aliphatic heterocycles. The van der Waals surface area contributed by atoms with Crippen molar-refractivity contribution in [2.45, 2.75) is 26.7 Å². The highest BCUT2D eigenvalue weighted by atomic mass is 16.2. The van der Waals surface area contributed by atoms with Crippen LogP contribution in [-0.2, 0) is 4.79 Å². The minimum Gasteiger partial charge on any atom is -0.339 e. The standard InChI is InChI=1S/C21H23N3O3/c1-14-8-9-16(13-19(14)22-15(2)25)20(26)23-18-7-5-6-17(12-18)21(27)24-10-3-4-11-24/h5-9,12-13H,3-4,10-11H2,1-2H3,(H,22,25)(H,23,26). The molecule has 0 atom stereocenters. The van der Waals surface area contributed by atoms with E-state index in [9.17, 15) is 14.4 Å². The molecule has 0 aromatic heterocycles. The summed E-state index contributed by atoms with van der Waals surface area (Å²) < 4.78 is 0. The average molecular weight is 365 g/mol. The lowest BCUT2D eigenvalue weighted by molar-refractivity contribution is -0.114. The van der Waals surface area contributed by atoms with Crippen LogP contribution in [0.15, 0.2) is 42.5 Å². The Labute approximate surface area is 158 Å². The van der Waals surface area contributed by atoms with Crippen molar-refractivity contribution in [3.63, 3.8) is 0 Å². The highest BCUT2D eigenvalue weighted by Gasteiger charge is 2.19. The summed E-state index contributed by atoms with van der Waals surface area (Å²) in [4.78, 5) is 38.2. The van der Waals surface area contributed by atoms with Gasteiger partial charge in [-0.2, -0.15) is 0 Å². The molecule has 6 nitrogen and oxygen atoms in total. The number of anilines is 2. The molecule has 1 aliphatic rings. The zero-order chi connectivity index (χ0) is 19.4. The van der Waals surface area contributed by atoms with Gasteiger partial charge in [0.15, 0.2) is 0 Å². The zero-order valence-corrected chi connectivity index (χ0v) is 15.5. The average Bonchev–Trinajstić information content (AvgIpc) is 3.17. The first-order chi connectivity index (χ1) is 12.9. The smallest absolute Gasteiger partial charge is 0.255 e. The summed E-state index contributed by atoms with van der Waals surface area (Å²) in [5.41, 5.74) is 3.04. The van der Waals surface area contributed by atoms with Gasteiger partial charge in [-0.3, -0.25) is 14.4 Å². The van der Waals surface area contributed by atoms with Crippen molar-refractivity contribution in [3.05, 3.63) is 59.2 Å². The van der Waals surface area contributed by atoms with Gasteiger partial charge in [0, 0.05) is 42.5 Å². The Bertz CT molecular complexity index is 886. The Balaban J connectivity index is 1.75. The van der Waals surface area contributed by atoms with Crippen molar-refractivity contribution >= 4 is 29.1 Å². The molecule has 2 N–H and O–H groups in total. The number of carbonyl (C=O) groups is 3. The summed E-state index contributed by atoms with van der Waals surface area (Å²) in [5, 5.41) is 5.54. The molecule has 2 aromatic carbocycles. The third-order valence-corrected chi connectivity index (χ3v) is 4.57. The van der Waals surface area contributed by atoms with Gasteiger partial charge in [0.2, 0.25) is 5.91 Å². The maximum absolute atomic E-state index is 12.6. The van der Waals surface area contributed by atoms with Crippen LogP contribution in [0.1, 0.15) is 46.0 Å². The van der Waals surface area contributed by atoms with E-state index in [2.05, 4.69) is 10.6 Å². The van der Waals surface area contributed by atoms with Gasteiger partial charge < -0.3 is 15.5 Å². The Morgan fingerprint density at radius 1 is 0.926 bits per heavy atom. The Morgan fingerprint density at radius 3 is 2.37 bits per heavy atom. The van der Waals surface area contributed by atoms with Gasteiger partial charge in [0.1, 0.15) is 0 Å². The van der Waals surface area contributed by atoms with Crippen molar-refractivity contribution in [1.29, 1.82) is 0 Å². The van der Waals surface area contributed by atoms with Crippen molar-refractivity contribution < 1.29 is 14.4 Å². The molecule has 1 saturated heterocycles. The van der Waals surface area contributed by atoms with E-state index in [1.807, 2.05) is 11.8 Å². The zero-order valence-electron chi connectivity index (χ0n) is 15.5. The second-order valence-electron chi connectivity index (χ2n) is 6.75. The number of nitrogens with one attached hydrogen (secondary N) is 2. The summed E-state index contributed by atoms with van der Waals surface area (Å²) >= 11 is 0. The van der Waals surface area contributed by atoms with E-state index in [4.69, 9.17) is 0 Å². The maximum atomic E-state index is 12.6. The van der Waals surface area contributed by atoms with Gasteiger partial charge in [-0.15, -0.1) is 0 Å². The van der Waals surface area contributed by atoms with Crippen molar-refractivity contribution in [2.24, 2.45) is 0 Å².